The monoisotopic (exact) mass is 465 g/mol. The van der Waals surface area contributed by atoms with Gasteiger partial charge in [-0.25, -0.2) is 24.5 Å². The van der Waals surface area contributed by atoms with Crippen molar-refractivity contribution in [3.8, 4) is 11.5 Å². The van der Waals surface area contributed by atoms with Gasteiger partial charge in [-0.05, 0) is 55.3 Å². The van der Waals surface area contributed by atoms with Crippen molar-refractivity contribution in [1.29, 1.82) is 0 Å². The molecule has 2 bridgehead atoms. The fourth-order valence-corrected chi connectivity index (χ4v) is 4.99. The first-order chi connectivity index (χ1) is 17.2. The molecule has 0 amide bonds. The Labute approximate surface area is 201 Å². The summed E-state index contributed by atoms with van der Waals surface area (Å²) in [6, 6.07) is 14.8. The number of ether oxygens (including phenoxy) is 1. The zero-order valence-corrected chi connectivity index (χ0v) is 19.1. The van der Waals surface area contributed by atoms with Crippen LogP contribution in [-0.2, 0) is 0 Å². The van der Waals surface area contributed by atoms with E-state index in [1.54, 1.807) is 10.8 Å². The normalized spacial score (nSPS) is 19.1. The molecule has 10 heteroatoms. The molecule has 0 spiro atoms. The van der Waals surface area contributed by atoms with Crippen LogP contribution in [0.15, 0.2) is 61.3 Å². The van der Waals surface area contributed by atoms with Gasteiger partial charge in [-0.1, -0.05) is 0 Å². The second kappa shape index (κ2) is 7.88. The molecule has 174 valence electrons. The van der Waals surface area contributed by atoms with E-state index >= 15 is 0 Å². The summed E-state index contributed by atoms with van der Waals surface area (Å²) < 4.78 is 7.80. The van der Waals surface area contributed by atoms with Crippen LogP contribution in [0.25, 0.3) is 16.7 Å². The molecule has 2 N–H and O–H groups in total. The fraction of sp³-hybridized carbons (Fsp3) is 0.240. The number of nitrogens with one attached hydrogen (secondary N) is 2. The number of piperazine rings is 1. The Morgan fingerprint density at radius 3 is 2.77 bits per heavy atom. The highest BCUT2D eigenvalue weighted by Gasteiger charge is 2.42. The molecule has 7 rings (SSSR count). The van der Waals surface area contributed by atoms with Gasteiger partial charge in [-0.3, -0.25) is 0 Å². The van der Waals surface area contributed by atoms with Crippen molar-refractivity contribution in [2.75, 3.05) is 23.3 Å². The Balaban J connectivity index is 1.15. The number of hydrogen-bond donors (Lipinski definition) is 2. The van der Waals surface area contributed by atoms with Gasteiger partial charge in [-0.2, -0.15) is 5.10 Å². The number of rotatable bonds is 5. The minimum absolute atomic E-state index is 0.514. The van der Waals surface area contributed by atoms with Crippen LogP contribution in [0.3, 0.4) is 0 Å². The van der Waals surface area contributed by atoms with E-state index in [1.165, 1.54) is 12.7 Å². The summed E-state index contributed by atoms with van der Waals surface area (Å²) in [5, 5.41) is 11.0. The molecule has 0 aliphatic carbocycles. The first-order valence-corrected chi connectivity index (χ1v) is 11.7. The molecule has 35 heavy (non-hydrogen) atoms. The fourth-order valence-electron chi connectivity index (χ4n) is 4.99. The summed E-state index contributed by atoms with van der Waals surface area (Å²) in [5.41, 5.74) is 4.21. The van der Waals surface area contributed by atoms with E-state index in [-0.39, 0.29) is 0 Å². The molecule has 2 atom stereocenters. The lowest BCUT2D eigenvalue weighted by atomic mass is 9.89. The maximum absolute atomic E-state index is 6.10. The highest BCUT2D eigenvalue weighted by Crippen LogP contribution is 2.35. The Kier molecular flexibility index (Phi) is 4.52. The topological polar surface area (TPSA) is 105 Å². The number of hydrogen-bond acceptors (Lipinski definition) is 9. The number of pyridine rings is 2. The lowest BCUT2D eigenvalue weighted by molar-refractivity contribution is 0.261. The van der Waals surface area contributed by atoms with Crippen molar-refractivity contribution in [2.45, 2.75) is 25.4 Å². The molecule has 5 aromatic rings. The molecule has 1 aromatic carbocycles. The molecule has 2 aliphatic rings. The van der Waals surface area contributed by atoms with Crippen LogP contribution in [0.5, 0.6) is 11.5 Å². The van der Waals surface area contributed by atoms with Crippen LogP contribution in [0.2, 0.25) is 0 Å². The summed E-state index contributed by atoms with van der Waals surface area (Å²) in [7, 11) is 0. The Hall–Kier alpha value is -4.31. The predicted octanol–water partition coefficient (Wildman–Crippen LogP) is 3.46. The van der Waals surface area contributed by atoms with Crippen LogP contribution in [-0.4, -0.2) is 54.7 Å². The van der Waals surface area contributed by atoms with Gasteiger partial charge in [-0.15, -0.1) is 0 Å². The second-order valence-corrected chi connectivity index (χ2v) is 9.00. The molecular weight excluding hydrogens is 442 g/mol. The summed E-state index contributed by atoms with van der Waals surface area (Å²) in [6.07, 6.45) is 6.14. The minimum atomic E-state index is 0.514. The summed E-state index contributed by atoms with van der Waals surface area (Å²) in [4.78, 5) is 20.5. The third kappa shape index (κ3) is 3.50. The van der Waals surface area contributed by atoms with Crippen LogP contribution >= 0.6 is 0 Å². The molecule has 4 aromatic heterocycles. The highest BCUT2D eigenvalue weighted by atomic mass is 16.5. The maximum atomic E-state index is 6.10. The Bertz CT molecular complexity index is 1550. The van der Waals surface area contributed by atoms with E-state index in [2.05, 4.69) is 41.7 Å². The van der Waals surface area contributed by atoms with Gasteiger partial charge < -0.3 is 20.3 Å². The second-order valence-electron chi connectivity index (χ2n) is 9.00. The van der Waals surface area contributed by atoms with E-state index in [4.69, 9.17) is 9.72 Å². The van der Waals surface area contributed by atoms with Crippen LogP contribution < -0.4 is 20.3 Å². The Morgan fingerprint density at radius 2 is 1.91 bits per heavy atom. The maximum Gasteiger partial charge on any atom is 0.160 e. The van der Waals surface area contributed by atoms with E-state index in [9.17, 15) is 0 Å². The largest absolute Gasteiger partial charge is 0.457 e. The molecule has 2 saturated heterocycles. The first-order valence-electron chi connectivity index (χ1n) is 11.7. The number of aryl methyl sites for hydroxylation is 1. The molecule has 10 nitrogen and oxygen atoms in total. The summed E-state index contributed by atoms with van der Waals surface area (Å²) >= 11 is 0. The van der Waals surface area contributed by atoms with Gasteiger partial charge in [0, 0.05) is 43.1 Å². The molecule has 2 unspecified atom stereocenters. The SMILES string of the molecule is Cc1cc(Nc2ncnc3ccc(N4C5CNCC4C5)nc23)ccc1Oc1ccn2ncnc2c1. The first kappa shape index (κ1) is 20.1. The van der Waals surface area contributed by atoms with Crippen LogP contribution in [0.4, 0.5) is 17.3 Å². The number of benzene rings is 1. The van der Waals surface area contributed by atoms with Crippen molar-refractivity contribution >= 4 is 34.0 Å². The highest BCUT2D eigenvalue weighted by molar-refractivity contribution is 5.88. The van der Waals surface area contributed by atoms with E-state index in [0.29, 0.717) is 23.7 Å². The molecule has 6 heterocycles. The third-order valence-corrected chi connectivity index (χ3v) is 6.74. The summed E-state index contributed by atoms with van der Waals surface area (Å²) in [6.45, 7) is 4.03. The van der Waals surface area contributed by atoms with Crippen LogP contribution in [0.1, 0.15) is 12.0 Å². The molecule has 2 fully saturated rings. The van der Waals surface area contributed by atoms with Crippen LogP contribution in [0, 0.1) is 6.92 Å². The van der Waals surface area contributed by atoms with Crippen molar-refractivity contribution in [2.24, 2.45) is 0 Å². The third-order valence-electron chi connectivity index (χ3n) is 6.74. The average molecular weight is 466 g/mol. The number of nitrogens with zero attached hydrogens (tertiary/aromatic N) is 7. The molecule has 2 aliphatic heterocycles. The van der Waals surface area contributed by atoms with Crippen molar-refractivity contribution in [1.82, 2.24) is 34.9 Å². The predicted molar refractivity (Wildman–Crippen MR) is 132 cm³/mol. The number of piperidine rings is 1. The molecular formula is C25H23N9O. The van der Waals surface area contributed by atoms with Gasteiger partial charge in [0.25, 0.3) is 0 Å². The zero-order valence-electron chi connectivity index (χ0n) is 19.1. The number of anilines is 3. The number of fused-ring (bicyclic) bond motifs is 4. The van der Waals surface area contributed by atoms with Gasteiger partial charge in [0.15, 0.2) is 11.5 Å². The smallest absolute Gasteiger partial charge is 0.160 e. The van der Waals surface area contributed by atoms with Gasteiger partial charge in [0.2, 0.25) is 0 Å². The van der Waals surface area contributed by atoms with Crippen molar-refractivity contribution in [3.63, 3.8) is 0 Å². The van der Waals surface area contributed by atoms with Gasteiger partial charge in [0.05, 0.1) is 5.52 Å². The Morgan fingerprint density at radius 1 is 1.00 bits per heavy atom. The van der Waals surface area contributed by atoms with Crippen molar-refractivity contribution in [3.05, 3.63) is 66.9 Å². The quantitative estimate of drug-likeness (QED) is 0.404. The zero-order chi connectivity index (χ0) is 23.4. The lowest BCUT2D eigenvalue weighted by Crippen LogP contribution is -2.68. The molecule has 0 radical (unpaired) electrons. The lowest BCUT2D eigenvalue weighted by Gasteiger charge is -2.53. The van der Waals surface area contributed by atoms with Crippen molar-refractivity contribution < 1.29 is 4.74 Å². The summed E-state index contributed by atoms with van der Waals surface area (Å²) in [5.74, 6) is 3.15. The molecule has 0 saturated carbocycles. The van der Waals surface area contributed by atoms with E-state index in [1.807, 2.05) is 49.5 Å². The minimum Gasteiger partial charge on any atom is -0.457 e. The van der Waals surface area contributed by atoms with E-state index < -0.39 is 0 Å². The standard InChI is InChI=1S/C25H23N9O/c1-15-8-16(2-4-21(15)35-19-6-7-33-23(10-19)28-14-30-33)31-25-24-20(27-13-29-25)3-5-22(32-24)34-17-9-18(34)12-26-11-17/h2-8,10,13-14,17-18,26H,9,11-12H2,1H3,(H,27,29,31). The number of aromatic nitrogens is 6. The van der Waals surface area contributed by atoms with Gasteiger partial charge in [0.1, 0.15) is 35.5 Å². The average Bonchev–Trinajstić information content (AvgIpc) is 3.34. The van der Waals surface area contributed by atoms with E-state index in [0.717, 1.165) is 52.6 Å². The van der Waals surface area contributed by atoms with Gasteiger partial charge >= 0.3 is 0 Å².